The molecular weight excluding hydrogens is 396 g/mol. The molecule has 2 aromatic rings. The van der Waals surface area contributed by atoms with Crippen molar-refractivity contribution in [2.45, 2.75) is 44.1 Å². The lowest BCUT2D eigenvalue weighted by Crippen LogP contribution is -2.56. The van der Waals surface area contributed by atoms with Gasteiger partial charge in [0.1, 0.15) is 18.7 Å². The van der Waals surface area contributed by atoms with Crippen molar-refractivity contribution in [3.8, 4) is 5.75 Å². The SMILES string of the molecule is COCCOc1ccccc1C1CCN(C2CCC3(C2)CN(c2ncns2)C3)CC1. The van der Waals surface area contributed by atoms with E-state index in [1.807, 2.05) is 0 Å². The number of likely N-dealkylation sites (tertiary alicyclic amines) is 1. The van der Waals surface area contributed by atoms with Crippen molar-refractivity contribution in [1.82, 2.24) is 14.3 Å². The summed E-state index contributed by atoms with van der Waals surface area (Å²) in [7, 11) is 1.72. The Bertz CT molecular complexity index is 816. The van der Waals surface area contributed by atoms with Crippen molar-refractivity contribution >= 4 is 16.7 Å². The third kappa shape index (κ3) is 4.07. The molecule has 2 aliphatic heterocycles. The van der Waals surface area contributed by atoms with E-state index in [-0.39, 0.29) is 0 Å². The zero-order valence-corrected chi connectivity index (χ0v) is 18.6. The molecule has 6 nitrogen and oxygen atoms in total. The number of hydrogen-bond acceptors (Lipinski definition) is 7. The predicted molar refractivity (Wildman–Crippen MR) is 120 cm³/mol. The molecule has 30 heavy (non-hydrogen) atoms. The maximum Gasteiger partial charge on any atom is 0.204 e. The van der Waals surface area contributed by atoms with Gasteiger partial charge in [-0.2, -0.15) is 4.37 Å². The van der Waals surface area contributed by atoms with Gasteiger partial charge in [0.15, 0.2) is 0 Å². The first-order valence-corrected chi connectivity index (χ1v) is 12.0. The molecule has 162 valence electrons. The van der Waals surface area contributed by atoms with E-state index in [2.05, 4.69) is 43.4 Å². The first kappa shape index (κ1) is 20.2. The molecule has 0 N–H and O–H groups in total. The second-order valence-electron chi connectivity index (χ2n) is 9.17. The van der Waals surface area contributed by atoms with E-state index in [4.69, 9.17) is 9.47 Å². The van der Waals surface area contributed by atoms with Crippen LogP contribution in [0.15, 0.2) is 30.6 Å². The standard InChI is InChI=1S/C23H32N4O2S/c1-28-12-13-29-21-5-3-2-4-20(21)18-7-10-26(11-8-18)19-6-9-23(14-19)15-27(16-23)22-24-17-25-30-22/h2-5,17-19H,6-16H2,1H3. The van der Waals surface area contributed by atoms with Crippen molar-refractivity contribution < 1.29 is 9.47 Å². The minimum atomic E-state index is 0.523. The van der Waals surface area contributed by atoms with Gasteiger partial charge in [-0.15, -0.1) is 0 Å². The first-order chi connectivity index (χ1) is 14.8. The van der Waals surface area contributed by atoms with Crippen LogP contribution in [-0.2, 0) is 4.74 Å². The van der Waals surface area contributed by atoms with Crippen LogP contribution >= 0.6 is 11.5 Å². The highest BCUT2D eigenvalue weighted by atomic mass is 32.1. The van der Waals surface area contributed by atoms with E-state index in [1.165, 1.54) is 75.4 Å². The van der Waals surface area contributed by atoms with Gasteiger partial charge in [-0.05, 0) is 62.7 Å². The third-order valence-corrected chi connectivity index (χ3v) is 8.03. The Morgan fingerprint density at radius 2 is 1.97 bits per heavy atom. The van der Waals surface area contributed by atoms with Gasteiger partial charge < -0.3 is 19.3 Å². The van der Waals surface area contributed by atoms with Gasteiger partial charge in [0.2, 0.25) is 5.13 Å². The summed E-state index contributed by atoms with van der Waals surface area (Å²) < 4.78 is 15.3. The van der Waals surface area contributed by atoms with Gasteiger partial charge in [-0.25, -0.2) is 4.98 Å². The van der Waals surface area contributed by atoms with E-state index in [9.17, 15) is 0 Å². The maximum atomic E-state index is 6.00. The highest BCUT2D eigenvalue weighted by Crippen LogP contribution is 2.49. The van der Waals surface area contributed by atoms with Crippen LogP contribution in [-0.4, -0.2) is 66.8 Å². The summed E-state index contributed by atoms with van der Waals surface area (Å²) in [6, 6.07) is 9.34. The minimum absolute atomic E-state index is 0.523. The topological polar surface area (TPSA) is 50.7 Å². The largest absolute Gasteiger partial charge is 0.491 e. The number of rotatable bonds is 7. The summed E-state index contributed by atoms with van der Waals surface area (Å²) in [5.74, 6) is 1.64. The summed E-state index contributed by atoms with van der Waals surface area (Å²) >= 11 is 1.52. The molecule has 1 atom stereocenters. The molecule has 0 radical (unpaired) electrons. The van der Waals surface area contributed by atoms with Crippen molar-refractivity contribution in [2.24, 2.45) is 5.41 Å². The molecule has 3 fully saturated rings. The second-order valence-corrected chi connectivity index (χ2v) is 9.92. The Kier molecular flexibility index (Phi) is 5.94. The summed E-state index contributed by atoms with van der Waals surface area (Å²) in [4.78, 5) is 9.56. The van der Waals surface area contributed by atoms with Crippen LogP contribution in [0.2, 0.25) is 0 Å². The Labute approximate surface area is 183 Å². The number of hydrogen-bond donors (Lipinski definition) is 0. The average molecular weight is 429 g/mol. The Hall–Kier alpha value is -1.70. The van der Waals surface area contributed by atoms with Gasteiger partial charge in [-0.1, -0.05) is 18.2 Å². The number of para-hydroxylation sites is 1. The Morgan fingerprint density at radius 1 is 1.13 bits per heavy atom. The molecule has 2 saturated heterocycles. The molecule has 1 aromatic carbocycles. The molecule has 1 aromatic heterocycles. The zero-order valence-electron chi connectivity index (χ0n) is 17.8. The summed E-state index contributed by atoms with van der Waals surface area (Å²) in [6.45, 7) is 6.00. The van der Waals surface area contributed by atoms with E-state index in [1.54, 1.807) is 13.4 Å². The van der Waals surface area contributed by atoms with Gasteiger partial charge in [0.05, 0.1) is 6.61 Å². The summed E-state index contributed by atoms with van der Waals surface area (Å²) in [5, 5.41) is 1.09. The number of methoxy groups -OCH3 is 1. The Balaban J connectivity index is 1.13. The van der Waals surface area contributed by atoms with Crippen LogP contribution in [0, 0.1) is 5.41 Å². The van der Waals surface area contributed by atoms with Gasteiger partial charge in [-0.3, -0.25) is 0 Å². The molecule has 0 bridgehead atoms. The average Bonchev–Trinajstić information content (AvgIpc) is 3.44. The smallest absolute Gasteiger partial charge is 0.204 e. The van der Waals surface area contributed by atoms with Crippen LogP contribution in [0.4, 0.5) is 5.13 Å². The number of ether oxygens (including phenoxy) is 2. The lowest BCUT2D eigenvalue weighted by molar-refractivity contribution is 0.129. The normalized spacial score (nSPS) is 24.3. The monoisotopic (exact) mass is 428 g/mol. The van der Waals surface area contributed by atoms with Gasteiger partial charge in [0, 0.05) is 43.2 Å². The van der Waals surface area contributed by atoms with Gasteiger partial charge >= 0.3 is 0 Å². The van der Waals surface area contributed by atoms with E-state index >= 15 is 0 Å². The molecule has 1 spiro atoms. The second kappa shape index (κ2) is 8.81. The lowest BCUT2D eigenvalue weighted by atomic mass is 9.78. The van der Waals surface area contributed by atoms with Crippen LogP contribution in [0.3, 0.4) is 0 Å². The molecule has 1 unspecified atom stereocenters. The van der Waals surface area contributed by atoms with E-state index in [0.29, 0.717) is 24.5 Å². The van der Waals surface area contributed by atoms with Crippen molar-refractivity contribution in [3.63, 3.8) is 0 Å². The number of anilines is 1. The maximum absolute atomic E-state index is 6.00. The summed E-state index contributed by atoms with van der Waals surface area (Å²) in [5.41, 5.74) is 1.90. The van der Waals surface area contributed by atoms with Gasteiger partial charge in [0.25, 0.3) is 0 Å². The number of piperidine rings is 1. The minimum Gasteiger partial charge on any atom is -0.491 e. The first-order valence-electron chi connectivity index (χ1n) is 11.2. The lowest BCUT2D eigenvalue weighted by Gasteiger charge is -2.48. The van der Waals surface area contributed by atoms with Crippen LogP contribution in [0.5, 0.6) is 5.75 Å². The van der Waals surface area contributed by atoms with Crippen LogP contribution < -0.4 is 9.64 Å². The fourth-order valence-electron chi connectivity index (χ4n) is 5.74. The third-order valence-electron chi connectivity index (χ3n) is 7.30. The van der Waals surface area contributed by atoms with Crippen molar-refractivity contribution in [2.75, 3.05) is 51.4 Å². The summed E-state index contributed by atoms with van der Waals surface area (Å²) in [6.07, 6.45) is 8.20. The molecule has 1 saturated carbocycles. The van der Waals surface area contributed by atoms with Crippen molar-refractivity contribution in [3.05, 3.63) is 36.2 Å². The van der Waals surface area contributed by atoms with E-state index < -0.39 is 0 Å². The van der Waals surface area contributed by atoms with E-state index in [0.717, 1.165) is 16.9 Å². The fourth-order valence-corrected chi connectivity index (χ4v) is 6.27. The number of nitrogens with zero attached hydrogens (tertiary/aromatic N) is 4. The molecule has 3 aliphatic rings. The Morgan fingerprint density at radius 3 is 2.73 bits per heavy atom. The fraction of sp³-hybridized carbons (Fsp3) is 0.652. The molecule has 0 amide bonds. The molecule has 5 rings (SSSR count). The highest BCUT2D eigenvalue weighted by Gasteiger charge is 2.50. The molecule has 1 aliphatic carbocycles. The predicted octanol–water partition coefficient (Wildman–Crippen LogP) is 3.80. The number of aromatic nitrogens is 2. The highest BCUT2D eigenvalue weighted by molar-refractivity contribution is 7.09. The number of benzene rings is 1. The molecule has 3 heterocycles. The van der Waals surface area contributed by atoms with Crippen LogP contribution in [0.1, 0.15) is 43.6 Å². The molecule has 7 heteroatoms. The van der Waals surface area contributed by atoms with Crippen molar-refractivity contribution in [1.29, 1.82) is 0 Å². The molecular formula is C23H32N4O2S. The van der Waals surface area contributed by atoms with Crippen LogP contribution in [0.25, 0.3) is 0 Å². The quantitative estimate of drug-likeness (QED) is 0.625. The zero-order chi connectivity index (χ0) is 20.4.